The van der Waals surface area contributed by atoms with Crippen LogP contribution in [-0.2, 0) is 12.8 Å². The Balaban J connectivity index is 1.83. The minimum Gasteiger partial charge on any atom is -0.316 e. The molecular weight excluding hydrogens is 366 g/mol. The van der Waals surface area contributed by atoms with E-state index in [0.717, 1.165) is 15.9 Å². The van der Waals surface area contributed by atoms with Gasteiger partial charge in [0, 0.05) is 26.3 Å². The van der Waals surface area contributed by atoms with Crippen molar-refractivity contribution in [2.45, 2.75) is 37.6 Å². The van der Waals surface area contributed by atoms with Crippen LogP contribution in [-0.4, -0.2) is 13.1 Å². The summed E-state index contributed by atoms with van der Waals surface area (Å²) >= 11 is 11.8. The molecule has 0 radical (unpaired) electrons. The van der Waals surface area contributed by atoms with Crippen molar-refractivity contribution in [3.05, 3.63) is 55.1 Å². The molecule has 0 bridgehead atoms. The Morgan fingerprint density at radius 3 is 3.05 bits per heavy atom. The third kappa shape index (κ3) is 3.37. The molecule has 2 atom stereocenters. The highest BCUT2D eigenvalue weighted by Gasteiger charge is 2.28. The van der Waals surface area contributed by atoms with Gasteiger partial charge in [-0.1, -0.05) is 33.6 Å². The number of nitrogens with one attached hydrogen (secondary N) is 1. The predicted octanol–water partition coefficient (Wildman–Crippen LogP) is 5.41. The predicted molar refractivity (Wildman–Crippen MR) is 95.7 cm³/mol. The van der Waals surface area contributed by atoms with E-state index in [1.165, 1.54) is 24.8 Å². The van der Waals surface area contributed by atoms with Crippen molar-refractivity contribution in [2.75, 3.05) is 7.05 Å². The lowest BCUT2D eigenvalue weighted by Gasteiger charge is -2.31. The molecule has 3 rings (SSSR count). The van der Waals surface area contributed by atoms with E-state index in [4.69, 9.17) is 11.6 Å². The van der Waals surface area contributed by atoms with Gasteiger partial charge in [0.2, 0.25) is 0 Å². The van der Waals surface area contributed by atoms with Crippen LogP contribution < -0.4 is 5.32 Å². The average molecular weight is 385 g/mol. The Bertz CT molecular complexity index is 625. The lowest BCUT2D eigenvalue weighted by atomic mass is 9.80. The van der Waals surface area contributed by atoms with Gasteiger partial charge < -0.3 is 5.32 Å². The maximum Gasteiger partial charge on any atom is 0.0449 e. The maximum absolute atomic E-state index is 6.39. The summed E-state index contributed by atoms with van der Waals surface area (Å²) < 4.78 is 1.04. The second-order valence-corrected chi connectivity index (χ2v) is 7.96. The largest absolute Gasteiger partial charge is 0.316 e. The maximum atomic E-state index is 6.39. The monoisotopic (exact) mass is 383 g/mol. The molecule has 1 N–H and O–H groups in total. The lowest BCUT2D eigenvalue weighted by molar-refractivity contribution is 0.414. The summed E-state index contributed by atoms with van der Waals surface area (Å²) in [6.07, 6.45) is 4.79. The van der Waals surface area contributed by atoms with Gasteiger partial charge >= 0.3 is 0 Å². The molecule has 0 saturated carbocycles. The standard InChI is InChI=1S/C17H19BrClNS/c1-20-16(9-11-5-6-12(18)10-15(11)19)13-3-2-4-17-14(13)7-8-21-17/h5-8,10,13,16,20H,2-4,9H2,1H3. The highest BCUT2D eigenvalue weighted by atomic mass is 79.9. The van der Waals surface area contributed by atoms with Crippen LogP contribution in [0.2, 0.25) is 5.02 Å². The molecule has 0 amide bonds. The Hall–Kier alpha value is -0.350. The fourth-order valence-corrected chi connectivity index (χ4v) is 5.06. The number of halogens is 2. The quantitative estimate of drug-likeness (QED) is 0.742. The Morgan fingerprint density at radius 2 is 2.29 bits per heavy atom. The molecule has 21 heavy (non-hydrogen) atoms. The summed E-state index contributed by atoms with van der Waals surface area (Å²) in [5.74, 6) is 0.602. The number of likely N-dealkylation sites (N-methyl/N-ethyl adjacent to an activating group) is 1. The zero-order valence-corrected chi connectivity index (χ0v) is 15.2. The van der Waals surface area contributed by atoms with Crippen LogP contribution in [0.25, 0.3) is 0 Å². The second-order valence-electron chi connectivity index (χ2n) is 5.63. The van der Waals surface area contributed by atoms with Crippen molar-refractivity contribution in [1.82, 2.24) is 5.32 Å². The Labute approximate surface area is 143 Å². The molecule has 1 aromatic heterocycles. The summed E-state index contributed by atoms with van der Waals surface area (Å²) in [5, 5.41) is 6.62. The van der Waals surface area contributed by atoms with E-state index in [-0.39, 0.29) is 0 Å². The third-order valence-corrected chi connectivity index (χ3v) is 6.25. The van der Waals surface area contributed by atoms with Crippen molar-refractivity contribution in [3.8, 4) is 0 Å². The number of hydrogen-bond donors (Lipinski definition) is 1. The first-order valence-electron chi connectivity index (χ1n) is 7.36. The summed E-state index contributed by atoms with van der Waals surface area (Å²) in [6.45, 7) is 0. The number of rotatable bonds is 4. The van der Waals surface area contributed by atoms with Gasteiger partial charge in [-0.3, -0.25) is 0 Å². The third-order valence-electron chi connectivity index (χ3n) is 4.41. The van der Waals surface area contributed by atoms with Gasteiger partial charge in [0.1, 0.15) is 0 Å². The highest BCUT2D eigenvalue weighted by Crippen LogP contribution is 2.38. The molecule has 1 aliphatic carbocycles. The molecule has 0 aliphatic heterocycles. The van der Waals surface area contributed by atoms with E-state index in [1.54, 1.807) is 10.4 Å². The number of thiophene rings is 1. The normalized spacial score (nSPS) is 19.3. The molecule has 1 aliphatic rings. The summed E-state index contributed by atoms with van der Waals surface area (Å²) in [7, 11) is 2.07. The minimum atomic E-state index is 0.442. The minimum absolute atomic E-state index is 0.442. The van der Waals surface area contributed by atoms with Crippen molar-refractivity contribution < 1.29 is 0 Å². The van der Waals surface area contributed by atoms with Crippen LogP contribution in [0.5, 0.6) is 0 Å². The number of benzene rings is 1. The first-order valence-corrected chi connectivity index (χ1v) is 9.41. The molecular formula is C17H19BrClNS. The molecule has 0 spiro atoms. The number of fused-ring (bicyclic) bond motifs is 1. The van der Waals surface area contributed by atoms with Gasteiger partial charge in [-0.2, -0.15) is 0 Å². The van der Waals surface area contributed by atoms with E-state index >= 15 is 0 Å². The summed E-state index contributed by atoms with van der Waals surface area (Å²) in [5.41, 5.74) is 2.78. The highest BCUT2D eigenvalue weighted by molar-refractivity contribution is 9.10. The van der Waals surface area contributed by atoms with E-state index in [1.807, 2.05) is 17.4 Å². The molecule has 2 aromatic rings. The summed E-state index contributed by atoms with van der Waals surface area (Å²) in [6, 6.07) is 8.95. The van der Waals surface area contributed by atoms with Crippen LogP contribution in [0.4, 0.5) is 0 Å². The molecule has 0 fully saturated rings. The average Bonchev–Trinajstić information content (AvgIpc) is 2.95. The van der Waals surface area contributed by atoms with Crippen LogP contribution in [0.15, 0.2) is 34.1 Å². The molecule has 1 heterocycles. The summed E-state index contributed by atoms with van der Waals surface area (Å²) in [4.78, 5) is 1.58. The number of hydrogen-bond acceptors (Lipinski definition) is 2. The second kappa shape index (κ2) is 6.82. The fraction of sp³-hybridized carbons (Fsp3) is 0.412. The van der Waals surface area contributed by atoms with Crippen molar-refractivity contribution in [3.63, 3.8) is 0 Å². The molecule has 1 aromatic carbocycles. The lowest BCUT2D eigenvalue weighted by Crippen LogP contribution is -2.35. The SMILES string of the molecule is CNC(Cc1ccc(Br)cc1Cl)C1CCCc2sccc21. The van der Waals surface area contributed by atoms with Gasteiger partial charge in [-0.25, -0.2) is 0 Å². The zero-order valence-electron chi connectivity index (χ0n) is 12.0. The first-order chi connectivity index (χ1) is 10.2. The fourth-order valence-electron chi connectivity index (χ4n) is 3.31. The number of aryl methyl sites for hydroxylation is 1. The van der Waals surface area contributed by atoms with E-state index in [0.29, 0.717) is 12.0 Å². The molecule has 2 unspecified atom stereocenters. The van der Waals surface area contributed by atoms with E-state index in [9.17, 15) is 0 Å². The molecule has 1 nitrogen and oxygen atoms in total. The van der Waals surface area contributed by atoms with Gasteiger partial charge in [-0.05, 0) is 67.4 Å². The zero-order chi connectivity index (χ0) is 14.8. The van der Waals surface area contributed by atoms with Crippen molar-refractivity contribution in [2.24, 2.45) is 0 Å². The van der Waals surface area contributed by atoms with Gasteiger partial charge in [-0.15, -0.1) is 11.3 Å². The van der Waals surface area contributed by atoms with Crippen molar-refractivity contribution in [1.29, 1.82) is 0 Å². The first kappa shape index (κ1) is 15.5. The topological polar surface area (TPSA) is 12.0 Å². The van der Waals surface area contributed by atoms with Gasteiger partial charge in [0.15, 0.2) is 0 Å². The molecule has 0 saturated heterocycles. The molecule has 112 valence electrons. The van der Waals surface area contributed by atoms with Crippen LogP contribution in [0.3, 0.4) is 0 Å². The van der Waals surface area contributed by atoms with Crippen LogP contribution >= 0.6 is 38.9 Å². The molecule has 4 heteroatoms. The smallest absolute Gasteiger partial charge is 0.0449 e. The van der Waals surface area contributed by atoms with E-state index in [2.05, 4.69) is 51.9 Å². The van der Waals surface area contributed by atoms with Gasteiger partial charge in [0.25, 0.3) is 0 Å². The van der Waals surface area contributed by atoms with Crippen LogP contribution in [0.1, 0.15) is 34.8 Å². The van der Waals surface area contributed by atoms with Crippen LogP contribution in [0, 0.1) is 0 Å². The Morgan fingerprint density at radius 1 is 1.43 bits per heavy atom. The van der Waals surface area contributed by atoms with Crippen molar-refractivity contribution >= 4 is 38.9 Å². The van der Waals surface area contributed by atoms with E-state index < -0.39 is 0 Å². The Kier molecular flexibility index (Phi) is 5.05. The van der Waals surface area contributed by atoms with Gasteiger partial charge in [0.05, 0.1) is 0 Å².